The van der Waals surface area contributed by atoms with Gasteiger partial charge in [-0.2, -0.15) is 0 Å². The van der Waals surface area contributed by atoms with E-state index in [1.807, 2.05) is 42.5 Å². The van der Waals surface area contributed by atoms with Crippen LogP contribution in [0.3, 0.4) is 0 Å². The average Bonchev–Trinajstić information content (AvgIpc) is 3.77. The third kappa shape index (κ3) is 3.64. The van der Waals surface area contributed by atoms with Crippen LogP contribution in [-0.4, -0.2) is 12.2 Å². The fourth-order valence-electron chi connectivity index (χ4n) is 8.45. The Morgan fingerprint density at radius 3 is 1.53 bits per heavy atom. The third-order valence-electron chi connectivity index (χ3n) is 10.5. The Kier molecular flexibility index (Phi) is 5.63. The quantitative estimate of drug-likeness (QED) is 0.200. The molecular formula is C43H34O4. The maximum atomic E-state index is 10.7. The number of benzene rings is 6. The van der Waals surface area contributed by atoms with Crippen molar-refractivity contribution in [1.29, 1.82) is 0 Å². The van der Waals surface area contributed by atoms with Crippen molar-refractivity contribution >= 4 is 43.9 Å². The molecule has 47 heavy (non-hydrogen) atoms. The van der Waals surface area contributed by atoms with E-state index in [0.717, 1.165) is 50.0 Å². The first-order valence-corrected chi connectivity index (χ1v) is 16.1. The lowest BCUT2D eigenvalue weighted by Crippen LogP contribution is -2.15. The van der Waals surface area contributed by atoms with Crippen LogP contribution in [0, 0.1) is 0 Å². The van der Waals surface area contributed by atoms with Crippen molar-refractivity contribution < 1.29 is 18.7 Å². The summed E-state index contributed by atoms with van der Waals surface area (Å²) in [7, 11) is 1.73. The normalized spacial score (nSPS) is 14.9. The van der Waals surface area contributed by atoms with Gasteiger partial charge in [0.05, 0.1) is 7.11 Å². The van der Waals surface area contributed by atoms with Gasteiger partial charge in [0.15, 0.2) is 0 Å². The Morgan fingerprint density at radius 2 is 0.979 bits per heavy atom. The molecule has 2 aliphatic rings. The molecule has 4 heteroatoms. The highest BCUT2D eigenvalue weighted by Crippen LogP contribution is 2.57. The number of furan rings is 2. The minimum absolute atomic E-state index is 0.0919. The molecule has 2 aromatic heterocycles. The van der Waals surface area contributed by atoms with Crippen molar-refractivity contribution in [2.75, 3.05) is 7.11 Å². The van der Waals surface area contributed by atoms with Crippen LogP contribution in [0.25, 0.3) is 66.1 Å². The van der Waals surface area contributed by atoms with E-state index in [-0.39, 0.29) is 10.8 Å². The number of para-hydroxylation sites is 2. The van der Waals surface area contributed by atoms with Gasteiger partial charge in [0, 0.05) is 55.6 Å². The monoisotopic (exact) mass is 614 g/mol. The summed E-state index contributed by atoms with van der Waals surface area (Å²) in [6.07, 6.45) is 0. The van der Waals surface area contributed by atoms with Crippen molar-refractivity contribution in [2.24, 2.45) is 0 Å². The summed E-state index contributed by atoms with van der Waals surface area (Å²) in [6.45, 7) is 9.02. The first kappa shape index (κ1) is 27.8. The van der Waals surface area contributed by atoms with E-state index in [4.69, 9.17) is 13.6 Å². The number of ether oxygens (including phenoxy) is 1. The van der Waals surface area contributed by atoms with Crippen molar-refractivity contribution in [3.63, 3.8) is 0 Å². The molecule has 0 aliphatic heterocycles. The van der Waals surface area contributed by atoms with Crippen LogP contribution < -0.4 is 4.74 Å². The van der Waals surface area contributed by atoms with Crippen molar-refractivity contribution in [3.05, 3.63) is 131 Å². The Bertz CT molecular complexity index is 2580. The van der Waals surface area contributed by atoms with Gasteiger partial charge in [0.25, 0.3) is 0 Å². The summed E-state index contributed by atoms with van der Waals surface area (Å²) < 4.78 is 17.9. The second kappa shape index (κ2) is 9.52. The highest BCUT2D eigenvalue weighted by Gasteiger charge is 2.41. The van der Waals surface area contributed by atoms with Crippen LogP contribution in [0.15, 0.2) is 118 Å². The number of rotatable bonds is 1. The maximum absolute atomic E-state index is 10.7. The summed E-state index contributed by atoms with van der Waals surface area (Å²) in [5.74, 6) is 1.18. The minimum Gasteiger partial charge on any atom is -0.507 e. The number of methoxy groups -OCH3 is 1. The van der Waals surface area contributed by atoms with Crippen molar-refractivity contribution in [3.8, 4) is 33.8 Å². The molecule has 230 valence electrons. The highest BCUT2D eigenvalue weighted by atomic mass is 16.5. The van der Waals surface area contributed by atoms with E-state index >= 15 is 0 Å². The minimum atomic E-state index is -0.171. The van der Waals surface area contributed by atoms with Gasteiger partial charge in [-0.05, 0) is 45.5 Å². The van der Waals surface area contributed by atoms with Crippen LogP contribution in [0.5, 0.6) is 11.5 Å². The number of phenolic OH excluding ortho intramolecular Hbond substituents is 1. The lowest BCUT2D eigenvalue weighted by molar-refractivity contribution is 0.416. The predicted octanol–water partition coefficient (Wildman–Crippen LogP) is 11.5. The number of phenols is 1. The molecule has 4 nitrogen and oxygen atoms in total. The van der Waals surface area contributed by atoms with Gasteiger partial charge in [0.1, 0.15) is 33.8 Å². The smallest absolute Gasteiger partial charge is 0.139 e. The molecule has 0 bridgehead atoms. The van der Waals surface area contributed by atoms with Crippen LogP contribution in [0.4, 0.5) is 0 Å². The molecule has 0 spiro atoms. The van der Waals surface area contributed by atoms with E-state index in [0.29, 0.717) is 5.75 Å². The highest BCUT2D eigenvalue weighted by molar-refractivity contribution is 6.13. The molecule has 8 aromatic rings. The molecule has 6 aromatic carbocycles. The average molecular weight is 615 g/mol. The van der Waals surface area contributed by atoms with Crippen LogP contribution >= 0.6 is 0 Å². The SMILES string of the molecule is CC1(C)c2ccccc2-c2c(O)cc3oc4ccccc4c3c21.COc1cc2oc3ccccc3c2c2c1-c1ccccc1C2(C)C. The van der Waals surface area contributed by atoms with Gasteiger partial charge in [-0.1, -0.05) is 113 Å². The second-order valence-corrected chi connectivity index (χ2v) is 13.8. The first-order chi connectivity index (χ1) is 22.7. The van der Waals surface area contributed by atoms with E-state index in [2.05, 4.69) is 88.4 Å². The van der Waals surface area contributed by atoms with Gasteiger partial charge < -0.3 is 18.7 Å². The predicted molar refractivity (Wildman–Crippen MR) is 191 cm³/mol. The molecule has 0 saturated heterocycles. The van der Waals surface area contributed by atoms with Crippen LogP contribution in [0.1, 0.15) is 49.9 Å². The van der Waals surface area contributed by atoms with Crippen molar-refractivity contribution in [1.82, 2.24) is 0 Å². The lowest BCUT2D eigenvalue weighted by Gasteiger charge is -2.22. The van der Waals surface area contributed by atoms with Gasteiger partial charge in [-0.3, -0.25) is 0 Å². The zero-order valence-corrected chi connectivity index (χ0v) is 27.1. The molecule has 2 heterocycles. The lowest BCUT2D eigenvalue weighted by atomic mass is 9.80. The van der Waals surface area contributed by atoms with Crippen LogP contribution in [-0.2, 0) is 10.8 Å². The number of hydrogen-bond donors (Lipinski definition) is 1. The zero-order chi connectivity index (χ0) is 32.2. The third-order valence-corrected chi connectivity index (χ3v) is 10.5. The Balaban J connectivity index is 0.000000129. The summed E-state index contributed by atoms with van der Waals surface area (Å²) in [6, 6.07) is 37.1. The van der Waals surface area contributed by atoms with E-state index in [9.17, 15) is 5.11 Å². The van der Waals surface area contributed by atoms with Crippen LogP contribution in [0.2, 0.25) is 0 Å². The molecule has 0 unspecified atom stereocenters. The van der Waals surface area contributed by atoms with E-state index in [1.54, 1.807) is 13.2 Å². The molecule has 0 radical (unpaired) electrons. The zero-order valence-electron chi connectivity index (χ0n) is 27.1. The fraction of sp³-hybridized carbons (Fsp3) is 0.163. The summed E-state index contributed by atoms with van der Waals surface area (Å²) in [4.78, 5) is 0. The van der Waals surface area contributed by atoms with Gasteiger partial charge in [-0.25, -0.2) is 0 Å². The Morgan fingerprint density at radius 1 is 0.532 bits per heavy atom. The summed E-state index contributed by atoms with van der Waals surface area (Å²) in [5.41, 5.74) is 12.8. The molecule has 1 N–H and O–H groups in total. The van der Waals surface area contributed by atoms with E-state index < -0.39 is 0 Å². The first-order valence-electron chi connectivity index (χ1n) is 16.1. The van der Waals surface area contributed by atoms with Crippen molar-refractivity contribution in [2.45, 2.75) is 38.5 Å². The number of aromatic hydroxyl groups is 1. The molecule has 0 saturated carbocycles. The van der Waals surface area contributed by atoms with E-state index in [1.165, 1.54) is 44.2 Å². The molecule has 0 atom stereocenters. The molecule has 2 aliphatic carbocycles. The number of fused-ring (bicyclic) bond motifs is 14. The number of hydrogen-bond acceptors (Lipinski definition) is 4. The summed E-state index contributed by atoms with van der Waals surface area (Å²) in [5, 5.41) is 15.3. The molecule has 0 fully saturated rings. The molecule has 0 amide bonds. The Labute approximate surface area is 272 Å². The second-order valence-electron chi connectivity index (χ2n) is 13.8. The molecule has 10 rings (SSSR count). The fourth-order valence-corrected chi connectivity index (χ4v) is 8.45. The van der Waals surface area contributed by atoms with Gasteiger partial charge in [-0.15, -0.1) is 0 Å². The topological polar surface area (TPSA) is 55.7 Å². The molecular weight excluding hydrogens is 580 g/mol. The van der Waals surface area contributed by atoms with Gasteiger partial charge >= 0.3 is 0 Å². The maximum Gasteiger partial charge on any atom is 0.139 e. The largest absolute Gasteiger partial charge is 0.507 e. The summed E-state index contributed by atoms with van der Waals surface area (Å²) >= 11 is 0. The van der Waals surface area contributed by atoms with Gasteiger partial charge in [0.2, 0.25) is 0 Å². The standard InChI is InChI=1S/C22H18O2.C21H16O2/c1-22(2)15-10-6-4-8-13(15)19-17(23-3)12-18-20(21(19)22)14-9-5-7-11-16(14)24-18;1-21(2)14-9-5-3-7-12(14)18-15(22)11-17-19(20(18)21)13-8-4-6-10-16(13)23-17/h4-12H,1-3H3;3-11,22H,1-2H3. The Hall–Kier alpha value is -5.48.